The molecule has 112 valence electrons. The Bertz CT molecular complexity index is 437. The van der Waals surface area contributed by atoms with Crippen LogP contribution in [0.25, 0.3) is 0 Å². The molecule has 0 aromatic heterocycles. The van der Waals surface area contributed by atoms with Crippen molar-refractivity contribution >= 4 is 34.2 Å². The van der Waals surface area contributed by atoms with Gasteiger partial charge in [0.15, 0.2) is 0 Å². The summed E-state index contributed by atoms with van der Waals surface area (Å²) < 4.78 is 1.04. The van der Waals surface area contributed by atoms with Crippen molar-refractivity contribution in [1.29, 1.82) is 0 Å². The average Bonchev–Trinajstić information content (AvgIpc) is 2.38. The smallest absolute Gasteiger partial charge is 0.238 e. The van der Waals surface area contributed by atoms with Crippen LogP contribution in [0.4, 0.5) is 5.69 Å². The van der Waals surface area contributed by atoms with Crippen molar-refractivity contribution in [3.8, 4) is 0 Å². The lowest BCUT2D eigenvalue weighted by atomic mass is 10.0. The zero-order chi connectivity index (χ0) is 15.1. The van der Waals surface area contributed by atoms with Gasteiger partial charge in [0.1, 0.15) is 0 Å². The Morgan fingerprint density at radius 1 is 1.40 bits per heavy atom. The van der Waals surface area contributed by atoms with Crippen LogP contribution in [0.2, 0.25) is 0 Å². The number of nitrogens with two attached hydrogens (primary N) is 1. The number of anilines is 1. The number of carbonyl (C=O) groups excluding carboxylic acids is 1. The number of para-hydroxylation sites is 1. The third-order valence-electron chi connectivity index (χ3n) is 3.26. The van der Waals surface area contributed by atoms with Crippen LogP contribution in [-0.2, 0) is 4.79 Å². The van der Waals surface area contributed by atoms with Crippen molar-refractivity contribution in [3.63, 3.8) is 0 Å². The molecule has 5 heteroatoms. The van der Waals surface area contributed by atoms with Gasteiger partial charge >= 0.3 is 0 Å². The van der Waals surface area contributed by atoms with Crippen molar-refractivity contribution in [3.05, 3.63) is 27.8 Å². The van der Waals surface area contributed by atoms with Gasteiger partial charge in [-0.2, -0.15) is 0 Å². The number of benzene rings is 1. The Hall–Kier alpha value is -0.660. The topological polar surface area (TPSA) is 58.4 Å². The van der Waals surface area contributed by atoms with Gasteiger partial charge in [0, 0.05) is 9.61 Å². The molecular weight excluding hydrogens is 365 g/mol. The fourth-order valence-corrected chi connectivity index (χ4v) is 2.30. The van der Waals surface area contributed by atoms with Crippen molar-refractivity contribution < 1.29 is 4.79 Å². The highest BCUT2D eigenvalue weighted by Gasteiger charge is 2.11. The molecule has 0 aliphatic carbocycles. The molecule has 1 unspecified atom stereocenters. The molecule has 1 aromatic carbocycles. The first-order valence-electron chi connectivity index (χ1n) is 6.88. The second-order valence-corrected chi connectivity index (χ2v) is 6.62. The molecular formula is C15H24IN3O. The number of nitrogens with zero attached hydrogens (tertiary/aromatic N) is 1. The zero-order valence-corrected chi connectivity index (χ0v) is 14.6. The summed E-state index contributed by atoms with van der Waals surface area (Å²) in [7, 11) is 1.95. The van der Waals surface area contributed by atoms with Gasteiger partial charge in [-0.25, -0.2) is 0 Å². The molecule has 0 fully saturated rings. The lowest BCUT2D eigenvalue weighted by Crippen LogP contribution is -2.35. The maximum atomic E-state index is 12.0. The van der Waals surface area contributed by atoms with Gasteiger partial charge in [-0.05, 0) is 60.7 Å². The molecule has 1 aromatic rings. The quantitative estimate of drug-likeness (QED) is 0.705. The number of hydrogen-bond donors (Lipinski definition) is 2. The van der Waals surface area contributed by atoms with Crippen molar-refractivity contribution in [1.82, 2.24) is 4.90 Å². The summed E-state index contributed by atoms with van der Waals surface area (Å²) in [5, 5.41) is 2.93. The minimum absolute atomic E-state index is 0.00901. The normalized spacial score (nSPS) is 12.8. The van der Waals surface area contributed by atoms with Gasteiger partial charge in [-0.1, -0.05) is 26.0 Å². The highest BCUT2D eigenvalue weighted by Crippen LogP contribution is 2.16. The number of hydrogen-bond acceptors (Lipinski definition) is 3. The van der Waals surface area contributed by atoms with Crippen molar-refractivity contribution in [2.75, 3.05) is 25.5 Å². The molecule has 20 heavy (non-hydrogen) atoms. The molecule has 4 nitrogen and oxygen atoms in total. The first-order valence-corrected chi connectivity index (χ1v) is 7.96. The standard InChI is InChI=1S/C15H24IN3O/c1-11(2)13(17)8-9-19(3)10-15(20)18-14-7-5-4-6-12(14)16/h4-7,11,13H,8-10,17H2,1-3H3,(H,18,20). The summed E-state index contributed by atoms with van der Waals surface area (Å²) in [6.07, 6.45) is 0.907. The second kappa shape index (κ2) is 8.59. The maximum absolute atomic E-state index is 12.0. The summed E-state index contributed by atoms with van der Waals surface area (Å²) in [4.78, 5) is 14.0. The molecule has 0 saturated carbocycles. The van der Waals surface area contributed by atoms with E-state index in [1.807, 2.05) is 36.2 Å². The van der Waals surface area contributed by atoms with Gasteiger partial charge in [-0.3, -0.25) is 9.69 Å². The number of amides is 1. The Balaban J connectivity index is 2.37. The number of rotatable bonds is 7. The monoisotopic (exact) mass is 389 g/mol. The van der Waals surface area contributed by atoms with E-state index in [4.69, 9.17) is 5.73 Å². The number of nitrogens with one attached hydrogen (secondary N) is 1. The summed E-state index contributed by atoms with van der Waals surface area (Å²) >= 11 is 2.22. The summed E-state index contributed by atoms with van der Waals surface area (Å²) in [6.45, 7) is 5.46. The predicted octanol–water partition coefficient (Wildman–Crippen LogP) is 2.53. The van der Waals surface area contributed by atoms with Gasteiger partial charge in [0.05, 0.1) is 12.2 Å². The first kappa shape index (κ1) is 17.4. The van der Waals surface area contributed by atoms with Crippen LogP contribution in [0.1, 0.15) is 20.3 Å². The third kappa shape index (κ3) is 6.19. The SMILES string of the molecule is CC(C)C(N)CCN(C)CC(=O)Nc1ccccc1I. The minimum atomic E-state index is 0.00901. The Labute approximate surface area is 135 Å². The average molecular weight is 389 g/mol. The van der Waals surface area contributed by atoms with Crippen LogP contribution in [0.5, 0.6) is 0 Å². The summed E-state index contributed by atoms with van der Waals surface area (Å²) in [5.41, 5.74) is 6.88. The largest absolute Gasteiger partial charge is 0.327 e. The summed E-state index contributed by atoms with van der Waals surface area (Å²) in [5.74, 6) is 0.484. The fraction of sp³-hybridized carbons (Fsp3) is 0.533. The van der Waals surface area contributed by atoms with E-state index in [1.54, 1.807) is 0 Å². The van der Waals surface area contributed by atoms with E-state index in [9.17, 15) is 4.79 Å². The number of carbonyl (C=O) groups is 1. The lowest BCUT2D eigenvalue weighted by molar-refractivity contribution is -0.117. The third-order valence-corrected chi connectivity index (χ3v) is 4.20. The van der Waals surface area contributed by atoms with Crippen LogP contribution in [-0.4, -0.2) is 37.0 Å². The molecule has 3 N–H and O–H groups in total. The molecule has 0 heterocycles. The molecule has 0 aliphatic rings. The van der Waals surface area contributed by atoms with Crippen molar-refractivity contribution in [2.24, 2.45) is 11.7 Å². The lowest BCUT2D eigenvalue weighted by Gasteiger charge is -2.21. The fourth-order valence-electron chi connectivity index (χ4n) is 1.78. The summed E-state index contributed by atoms with van der Waals surface area (Å²) in [6, 6.07) is 7.95. The van der Waals surface area contributed by atoms with E-state index in [2.05, 4.69) is 41.8 Å². The zero-order valence-electron chi connectivity index (χ0n) is 12.4. The highest BCUT2D eigenvalue weighted by atomic mass is 127. The number of halogens is 1. The molecule has 0 bridgehead atoms. The molecule has 0 aliphatic heterocycles. The molecule has 1 rings (SSSR count). The van der Waals surface area contributed by atoms with Crippen LogP contribution in [0, 0.1) is 9.49 Å². The van der Waals surface area contributed by atoms with Gasteiger partial charge in [0.2, 0.25) is 5.91 Å². The molecule has 0 spiro atoms. The van der Waals surface area contributed by atoms with E-state index in [-0.39, 0.29) is 11.9 Å². The van der Waals surface area contributed by atoms with Crippen LogP contribution >= 0.6 is 22.6 Å². The second-order valence-electron chi connectivity index (χ2n) is 5.46. The van der Waals surface area contributed by atoms with E-state index in [0.29, 0.717) is 12.5 Å². The van der Waals surface area contributed by atoms with E-state index < -0.39 is 0 Å². The highest BCUT2D eigenvalue weighted by molar-refractivity contribution is 14.1. The molecule has 1 atom stereocenters. The van der Waals surface area contributed by atoms with Gasteiger partial charge in [-0.15, -0.1) is 0 Å². The van der Waals surface area contributed by atoms with E-state index in [0.717, 1.165) is 22.2 Å². The van der Waals surface area contributed by atoms with Crippen LogP contribution in [0.15, 0.2) is 24.3 Å². The van der Waals surface area contributed by atoms with Crippen LogP contribution in [0.3, 0.4) is 0 Å². The predicted molar refractivity (Wildman–Crippen MR) is 92.7 cm³/mol. The van der Waals surface area contributed by atoms with E-state index in [1.165, 1.54) is 0 Å². The Kier molecular flexibility index (Phi) is 7.47. The van der Waals surface area contributed by atoms with Gasteiger partial charge in [0.25, 0.3) is 0 Å². The van der Waals surface area contributed by atoms with Crippen LogP contribution < -0.4 is 11.1 Å². The molecule has 0 radical (unpaired) electrons. The Morgan fingerprint density at radius 3 is 2.65 bits per heavy atom. The van der Waals surface area contributed by atoms with Gasteiger partial charge < -0.3 is 11.1 Å². The maximum Gasteiger partial charge on any atom is 0.238 e. The molecule has 0 saturated heterocycles. The Morgan fingerprint density at radius 2 is 2.05 bits per heavy atom. The van der Waals surface area contributed by atoms with E-state index >= 15 is 0 Å². The minimum Gasteiger partial charge on any atom is -0.327 e. The number of likely N-dealkylation sites (N-methyl/N-ethyl adjacent to an activating group) is 1. The van der Waals surface area contributed by atoms with Crippen molar-refractivity contribution in [2.45, 2.75) is 26.3 Å². The first-order chi connectivity index (χ1) is 9.40. The molecule has 1 amide bonds.